The van der Waals surface area contributed by atoms with Crippen LogP contribution in [0.5, 0.6) is 0 Å². The molecule has 0 aliphatic heterocycles. The highest BCUT2D eigenvalue weighted by atomic mass is 16.5. The SMILES string of the molecule is Cn1c(CCNC(=O)OCc2ccccc2)nc2ccccc21. The average molecular weight is 309 g/mol. The quantitative estimate of drug-likeness (QED) is 0.788. The maximum Gasteiger partial charge on any atom is 0.407 e. The molecule has 0 fully saturated rings. The van der Waals surface area contributed by atoms with E-state index in [1.165, 1.54) is 0 Å². The van der Waals surface area contributed by atoms with Gasteiger partial charge in [-0.15, -0.1) is 0 Å². The van der Waals surface area contributed by atoms with Crippen LogP contribution in [0.25, 0.3) is 11.0 Å². The molecule has 23 heavy (non-hydrogen) atoms. The number of aromatic nitrogens is 2. The van der Waals surface area contributed by atoms with Crippen molar-refractivity contribution < 1.29 is 9.53 Å². The summed E-state index contributed by atoms with van der Waals surface area (Å²) in [5, 5.41) is 2.76. The molecule has 0 aliphatic carbocycles. The van der Waals surface area contributed by atoms with Gasteiger partial charge in [0.25, 0.3) is 0 Å². The highest BCUT2D eigenvalue weighted by Gasteiger charge is 2.08. The van der Waals surface area contributed by atoms with Gasteiger partial charge in [0.05, 0.1) is 11.0 Å². The minimum atomic E-state index is -0.410. The Labute approximate surface area is 134 Å². The maximum atomic E-state index is 11.7. The molecule has 0 bridgehead atoms. The van der Waals surface area contributed by atoms with E-state index in [1.807, 2.05) is 66.2 Å². The fourth-order valence-corrected chi connectivity index (χ4v) is 2.47. The Morgan fingerprint density at radius 2 is 1.87 bits per heavy atom. The number of nitrogens with zero attached hydrogens (tertiary/aromatic N) is 2. The Hall–Kier alpha value is -2.82. The number of ether oxygens (including phenoxy) is 1. The lowest BCUT2D eigenvalue weighted by Gasteiger charge is -2.07. The van der Waals surface area contributed by atoms with E-state index in [0.717, 1.165) is 22.4 Å². The molecule has 0 spiro atoms. The molecule has 2 aromatic carbocycles. The highest BCUT2D eigenvalue weighted by Crippen LogP contribution is 2.14. The van der Waals surface area contributed by atoms with Crippen molar-refractivity contribution in [2.24, 2.45) is 7.05 Å². The van der Waals surface area contributed by atoms with Crippen molar-refractivity contribution in [1.29, 1.82) is 0 Å². The number of hydrogen-bond acceptors (Lipinski definition) is 3. The van der Waals surface area contributed by atoms with Gasteiger partial charge in [-0.2, -0.15) is 0 Å². The molecule has 5 heteroatoms. The number of para-hydroxylation sites is 2. The molecule has 0 saturated carbocycles. The number of aryl methyl sites for hydroxylation is 1. The van der Waals surface area contributed by atoms with Gasteiger partial charge < -0.3 is 14.6 Å². The van der Waals surface area contributed by atoms with Gasteiger partial charge >= 0.3 is 6.09 Å². The van der Waals surface area contributed by atoms with E-state index in [-0.39, 0.29) is 6.61 Å². The molecule has 1 N–H and O–H groups in total. The van der Waals surface area contributed by atoms with Crippen molar-refractivity contribution in [2.75, 3.05) is 6.54 Å². The average Bonchev–Trinajstić information content (AvgIpc) is 2.91. The van der Waals surface area contributed by atoms with Crippen molar-refractivity contribution in [3.8, 4) is 0 Å². The minimum absolute atomic E-state index is 0.277. The van der Waals surface area contributed by atoms with Crippen LogP contribution in [-0.2, 0) is 24.8 Å². The van der Waals surface area contributed by atoms with Crippen LogP contribution < -0.4 is 5.32 Å². The Balaban J connectivity index is 1.48. The first kappa shape index (κ1) is 15.1. The van der Waals surface area contributed by atoms with E-state index < -0.39 is 6.09 Å². The number of benzene rings is 2. The Morgan fingerprint density at radius 1 is 1.13 bits per heavy atom. The van der Waals surface area contributed by atoms with E-state index >= 15 is 0 Å². The highest BCUT2D eigenvalue weighted by molar-refractivity contribution is 5.75. The molecule has 5 nitrogen and oxygen atoms in total. The van der Waals surface area contributed by atoms with Crippen molar-refractivity contribution in [2.45, 2.75) is 13.0 Å². The van der Waals surface area contributed by atoms with Crippen molar-refractivity contribution in [3.63, 3.8) is 0 Å². The summed E-state index contributed by atoms with van der Waals surface area (Å²) in [6.07, 6.45) is 0.249. The number of fused-ring (bicyclic) bond motifs is 1. The van der Waals surface area contributed by atoms with Crippen molar-refractivity contribution >= 4 is 17.1 Å². The van der Waals surface area contributed by atoms with E-state index in [0.29, 0.717) is 13.0 Å². The van der Waals surface area contributed by atoms with E-state index in [4.69, 9.17) is 4.74 Å². The van der Waals surface area contributed by atoms with E-state index in [9.17, 15) is 4.79 Å². The molecule has 0 aliphatic rings. The van der Waals surface area contributed by atoms with Gasteiger partial charge in [0, 0.05) is 20.0 Å². The first-order valence-electron chi connectivity index (χ1n) is 7.59. The van der Waals surface area contributed by atoms with Crippen LogP contribution in [0.2, 0.25) is 0 Å². The minimum Gasteiger partial charge on any atom is -0.445 e. The molecule has 0 radical (unpaired) electrons. The molecule has 0 saturated heterocycles. The molecule has 0 atom stereocenters. The van der Waals surface area contributed by atoms with Crippen molar-refractivity contribution in [1.82, 2.24) is 14.9 Å². The topological polar surface area (TPSA) is 56.2 Å². The molecule has 118 valence electrons. The Bertz CT molecular complexity index is 796. The Morgan fingerprint density at radius 3 is 2.65 bits per heavy atom. The van der Waals surface area contributed by atoms with Crippen molar-refractivity contribution in [3.05, 3.63) is 66.0 Å². The van der Waals surface area contributed by atoms with Crippen LogP contribution >= 0.6 is 0 Å². The fraction of sp³-hybridized carbons (Fsp3) is 0.222. The number of nitrogens with one attached hydrogen (secondary N) is 1. The predicted octanol–water partition coefficient (Wildman–Crippen LogP) is 3.04. The summed E-state index contributed by atoms with van der Waals surface area (Å²) in [6, 6.07) is 17.6. The van der Waals surface area contributed by atoms with Gasteiger partial charge in [-0.1, -0.05) is 42.5 Å². The third-order valence-electron chi connectivity index (χ3n) is 3.71. The van der Waals surface area contributed by atoms with Crippen LogP contribution in [0.15, 0.2) is 54.6 Å². The third kappa shape index (κ3) is 3.69. The van der Waals surface area contributed by atoms with Crippen LogP contribution in [0.1, 0.15) is 11.4 Å². The number of rotatable bonds is 5. The van der Waals surface area contributed by atoms with Crippen LogP contribution in [-0.4, -0.2) is 22.2 Å². The summed E-state index contributed by atoms with van der Waals surface area (Å²) in [7, 11) is 1.98. The van der Waals surface area contributed by atoms with E-state index in [1.54, 1.807) is 0 Å². The summed E-state index contributed by atoms with van der Waals surface area (Å²) in [4.78, 5) is 16.3. The number of imidazole rings is 1. The fourth-order valence-electron chi connectivity index (χ4n) is 2.47. The largest absolute Gasteiger partial charge is 0.445 e. The van der Waals surface area contributed by atoms with Crippen LogP contribution in [0.4, 0.5) is 4.79 Å². The summed E-state index contributed by atoms with van der Waals surface area (Å²) in [6.45, 7) is 0.768. The lowest BCUT2D eigenvalue weighted by Crippen LogP contribution is -2.27. The van der Waals surface area contributed by atoms with Gasteiger partial charge in [0.15, 0.2) is 0 Å². The zero-order valence-corrected chi connectivity index (χ0v) is 13.0. The molecule has 1 amide bonds. The molecular weight excluding hydrogens is 290 g/mol. The third-order valence-corrected chi connectivity index (χ3v) is 3.71. The summed E-state index contributed by atoms with van der Waals surface area (Å²) >= 11 is 0. The monoisotopic (exact) mass is 309 g/mol. The zero-order chi connectivity index (χ0) is 16.1. The van der Waals surface area contributed by atoms with Gasteiger partial charge in [-0.25, -0.2) is 9.78 Å². The first-order chi connectivity index (χ1) is 11.2. The maximum absolute atomic E-state index is 11.7. The standard InChI is InChI=1S/C18H19N3O2/c1-21-16-10-6-5-9-15(16)20-17(21)11-12-19-18(22)23-13-14-7-3-2-4-8-14/h2-10H,11-13H2,1H3,(H,19,22). The number of amides is 1. The van der Waals surface area contributed by atoms with Gasteiger partial charge in [0.1, 0.15) is 12.4 Å². The van der Waals surface area contributed by atoms with E-state index in [2.05, 4.69) is 10.3 Å². The number of carbonyl (C=O) groups is 1. The number of hydrogen-bond donors (Lipinski definition) is 1. The lowest BCUT2D eigenvalue weighted by atomic mass is 10.2. The second-order valence-electron chi connectivity index (χ2n) is 5.31. The first-order valence-corrected chi connectivity index (χ1v) is 7.59. The number of carbonyl (C=O) groups excluding carboxylic acids is 1. The molecule has 0 unspecified atom stereocenters. The normalized spacial score (nSPS) is 10.7. The summed E-state index contributed by atoms with van der Waals surface area (Å²) in [5.74, 6) is 0.939. The molecular formula is C18H19N3O2. The molecule has 3 aromatic rings. The lowest BCUT2D eigenvalue weighted by molar-refractivity contribution is 0.139. The van der Waals surface area contributed by atoms with Gasteiger partial charge in [-0.3, -0.25) is 0 Å². The zero-order valence-electron chi connectivity index (χ0n) is 13.0. The van der Waals surface area contributed by atoms with Crippen LogP contribution in [0.3, 0.4) is 0 Å². The van der Waals surface area contributed by atoms with Crippen LogP contribution in [0, 0.1) is 0 Å². The summed E-state index contributed by atoms with van der Waals surface area (Å²) in [5.41, 5.74) is 3.03. The summed E-state index contributed by atoms with van der Waals surface area (Å²) < 4.78 is 7.23. The predicted molar refractivity (Wildman–Crippen MR) is 89.0 cm³/mol. The molecule has 1 heterocycles. The molecule has 1 aromatic heterocycles. The smallest absolute Gasteiger partial charge is 0.407 e. The number of alkyl carbamates (subject to hydrolysis) is 1. The Kier molecular flexibility index (Phi) is 4.57. The second-order valence-corrected chi connectivity index (χ2v) is 5.31. The molecule has 3 rings (SSSR count). The van der Waals surface area contributed by atoms with Gasteiger partial charge in [-0.05, 0) is 17.7 Å². The second kappa shape index (κ2) is 6.96. The van der Waals surface area contributed by atoms with Gasteiger partial charge in [0.2, 0.25) is 0 Å².